The Morgan fingerprint density at radius 2 is 1.95 bits per heavy atom. The first kappa shape index (κ1) is 14.1. The molecule has 1 heterocycles. The second-order valence-electron chi connectivity index (χ2n) is 4.81. The average molecular weight is 277 g/mol. The highest BCUT2D eigenvalue weighted by Crippen LogP contribution is 2.33. The van der Waals surface area contributed by atoms with E-state index in [2.05, 4.69) is 6.92 Å². The summed E-state index contributed by atoms with van der Waals surface area (Å²) >= 11 is 1.86. The number of thioether (sulfide) groups is 1. The van der Waals surface area contributed by atoms with Crippen LogP contribution < -0.4 is 4.90 Å². The zero-order valence-electron chi connectivity index (χ0n) is 11.7. The van der Waals surface area contributed by atoms with Crippen molar-refractivity contribution in [3.05, 3.63) is 28.8 Å². The Labute approximate surface area is 118 Å². The van der Waals surface area contributed by atoms with Crippen LogP contribution in [0.1, 0.15) is 34.8 Å². The van der Waals surface area contributed by atoms with Crippen LogP contribution >= 0.6 is 11.8 Å². The Kier molecular flexibility index (Phi) is 4.30. The van der Waals surface area contributed by atoms with Gasteiger partial charge in [0.1, 0.15) is 0 Å². The SMILES string of the molecule is CCSCCCN1C(=O)C(=O)c2cc(C)cc(C)c21. The second-order valence-corrected chi connectivity index (χ2v) is 6.21. The Morgan fingerprint density at radius 3 is 2.63 bits per heavy atom. The van der Waals surface area contributed by atoms with Crippen LogP contribution in [0.4, 0.5) is 5.69 Å². The molecule has 0 atom stereocenters. The van der Waals surface area contributed by atoms with E-state index in [1.165, 1.54) is 0 Å². The summed E-state index contributed by atoms with van der Waals surface area (Å²) in [7, 11) is 0. The molecule has 3 nitrogen and oxygen atoms in total. The molecule has 0 spiro atoms. The molecule has 0 N–H and O–H groups in total. The minimum absolute atomic E-state index is 0.357. The van der Waals surface area contributed by atoms with E-state index in [4.69, 9.17) is 0 Å². The van der Waals surface area contributed by atoms with Gasteiger partial charge < -0.3 is 4.90 Å². The molecule has 0 bridgehead atoms. The molecule has 0 radical (unpaired) electrons. The lowest BCUT2D eigenvalue weighted by Gasteiger charge is -2.18. The molecule has 0 saturated heterocycles. The van der Waals surface area contributed by atoms with Crippen LogP contribution in [0.25, 0.3) is 0 Å². The standard InChI is InChI=1S/C15H19NO2S/c1-4-19-7-5-6-16-13-11(3)8-10(2)9-12(13)14(17)15(16)18/h8-9H,4-7H2,1-3H3. The summed E-state index contributed by atoms with van der Waals surface area (Å²) in [5, 5.41) is 0. The monoisotopic (exact) mass is 277 g/mol. The van der Waals surface area contributed by atoms with E-state index in [1.54, 1.807) is 4.90 Å². The minimum atomic E-state index is -0.370. The van der Waals surface area contributed by atoms with E-state index in [0.29, 0.717) is 12.1 Å². The number of Topliss-reactive ketones (excluding diaryl/α,β-unsaturated/α-hetero) is 1. The highest BCUT2D eigenvalue weighted by Gasteiger charge is 2.36. The topological polar surface area (TPSA) is 37.4 Å². The van der Waals surface area contributed by atoms with Crippen molar-refractivity contribution in [3.63, 3.8) is 0 Å². The molecule has 19 heavy (non-hydrogen) atoms. The number of carbonyl (C=O) groups excluding carboxylic acids is 2. The quantitative estimate of drug-likeness (QED) is 0.613. The van der Waals surface area contributed by atoms with E-state index in [0.717, 1.165) is 34.7 Å². The Morgan fingerprint density at radius 1 is 1.21 bits per heavy atom. The van der Waals surface area contributed by atoms with Gasteiger partial charge in [0.15, 0.2) is 0 Å². The van der Waals surface area contributed by atoms with Gasteiger partial charge >= 0.3 is 0 Å². The van der Waals surface area contributed by atoms with E-state index in [9.17, 15) is 9.59 Å². The number of rotatable bonds is 5. The van der Waals surface area contributed by atoms with Gasteiger partial charge in [0.25, 0.3) is 11.7 Å². The number of fused-ring (bicyclic) bond motifs is 1. The molecule has 2 rings (SSSR count). The van der Waals surface area contributed by atoms with Crippen LogP contribution in [0, 0.1) is 13.8 Å². The number of nitrogens with zero attached hydrogens (tertiary/aromatic N) is 1. The molecule has 0 fully saturated rings. The van der Waals surface area contributed by atoms with Crippen molar-refractivity contribution >= 4 is 29.1 Å². The number of carbonyl (C=O) groups is 2. The molecule has 0 saturated carbocycles. The molecule has 0 aromatic heterocycles. The zero-order valence-corrected chi connectivity index (χ0v) is 12.5. The predicted octanol–water partition coefficient (Wildman–Crippen LogP) is 2.98. The van der Waals surface area contributed by atoms with Crippen LogP contribution in [-0.4, -0.2) is 29.7 Å². The van der Waals surface area contributed by atoms with Gasteiger partial charge in [0.2, 0.25) is 0 Å². The smallest absolute Gasteiger partial charge is 0.299 e. The fraction of sp³-hybridized carbons (Fsp3) is 0.467. The molecule has 1 aliphatic heterocycles. The van der Waals surface area contributed by atoms with Gasteiger partial charge in [-0.1, -0.05) is 13.0 Å². The number of ketones is 1. The zero-order chi connectivity index (χ0) is 14.0. The summed E-state index contributed by atoms with van der Waals surface area (Å²) in [6.07, 6.45) is 0.921. The lowest BCUT2D eigenvalue weighted by Crippen LogP contribution is -2.31. The van der Waals surface area contributed by atoms with Gasteiger partial charge in [-0.3, -0.25) is 9.59 Å². The molecule has 1 aliphatic rings. The van der Waals surface area contributed by atoms with Crippen molar-refractivity contribution in [2.24, 2.45) is 0 Å². The van der Waals surface area contributed by atoms with E-state index in [1.807, 2.05) is 37.7 Å². The third-order valence-corrected chi connectivity index (χ3v) is 4.26. The summed E-state index contributed by atoms with van der Waals surface area (Å²) in [4.78, 5) is 25.7. The molecule has 1 aromatic carbocycles. The maximum atomic E-state index is 12.1. The van der Waals surface area contributed by atoms with Crippen molar-refractivity contribution < 1.29 is 9.59 Å². The van der Waals surface area contributed by atoms with Crippen molar-refractivity contribution in [2.75, 3.05) is 23.0 Å². The third kappa shape index (κ3) is 2.68. The Hall–Kier alpha value is -1.29. The van der Waals surface area contributed by atoms with Crippen molar-refractivity contribution in [3.8, 4) is 0 Å². The Bertz CT molecular complexity index is 525. The van der Waals surface area contributed by atoms with Gasteiger partial charge in [-0.25, -0.2) is 0 Å². The number of anilines is 1. The third-order valence-electron chi connectivity index (χ3n) is 3.27. The minimum Gasteiger partial charge on any atom is -0.304 e. The first-order valence-electron chi connectivity index (χ1n) is 6.61. The number of hydrogen-bond acceptors (Lipinski definition) is 3. The lowest BCUT2D eigenvalue weighted by atomic mass is 10.0. The molecular weight excluding hydrogens is 258 g/mol. The number of hydrogen-bond donors (Lipinski definition) is 0. The van der Waals surface area contributed by atoms with Crippen LogP contribution in [0.5, 0.6) is 0 Å². The highest BCUT2D eigenvalue weighted by atomic mass is 32.2. The van der Waals surface area contributed by atoms with Crippen molar-refractivity contribution in [1.82, 2.24) is 0 Å². The van der Waals surface area contributed by atoms with Gasteiger partial charge in [-0.15, -0.1) is 0 Å². The summed E-state index contributed by atoms with van der Waals surface area (Å²) in [5.74, 6) is 1.38. The first-order chi connectivity index (χ1) is 9.06. The fourth-order valence-corrected chi connectivity index (χ4v) is 3.13. The normalized spacial score (nSPS) is 14.2. The predicted molar refractivity (Wildman–Crippen MR) is 80.2 cm³/mol. The van der Waals surface area contributed by atoms with Crippen molar-refractivity contribution in [2.45, 2.75) is 27.2 Å². The molecule has 1 aromatic rings. The largest absolute Gasteiger partial charge is 0.304 e. The number of aryl methyl sites for hydroxylation is 2. The van der Waals surface area contributed by atoms with E-state index < -0.39 is 0 Å². The molecule has 0 unspecified atom stereocenters. The molecular formula is C15H19NO2S. The number of amides is 1. The lowest BCUT2D eigenvalue weighted by molar-refractivity contribution is -0.114. The van der Waals surface area contributed by atoms with Crippen LogP contribution in [0.2, 0.25) is 0 Å². The average Bonchev–Trinajstić information content (AvgIpc) is 2.60. The first-order valence-corrected chi connectivity index (χ1v) is 7.77. The summed E-state index contributed by atoms with van der Waals surface area (Å²) in [6.45, 7) is 6.67. The molecule has 1 amide bonds. The van der Waals surface area contributed by atoms with Gasteiger partial charge in [-0.2, -0.15) is 11.8 Å². The molecule has 4 heteroatoms. The van der Waals surface area contributed by atoms with E-state index >= 15 is 0 Å². The van der Waals surface area contributed by atoms with Crippen LogP contribution in [-0.2, 0) is 4.79 Å². The maximum Gasteiger partial charge on any atom is 0.299 e. The maximum absolute atomic E-state index is 12.1. The second kappa shape index (κ2) is 5.78. The van der Waals surface area contributed by atoms with Crippen molar-refractivity contribution in [1.29, 1.82) is 0 Å². The number of benzene rings is 1. The summed E-state index contributed by atoms with van der Waals surface area (Å²) in [5.41, 5.74) is 3.44. The van der Waals surface area contributed by atoms with Crippen LogP contribution in [0.3, 0.4) is 0 Å². The summed E-state index contributed by atoms with van der Waals surface area (Å²) < 4.78 is 0. The fourth-order valence-electron chi connectivity index (χ4n) is 2.51. The molecule has 102 valence electrons. The van der Waals surface area contributed by atoms with Crippen LogP contribution in [0.15, 0.2) is 12.1 Å². The highest BCUT2D eigenvalue weighted by molar-refractivity contribution is 7.99. The van der Waals surface area contributed by atoms with E-state index in [-0.39, 0.29) is 11.7 Å². The van der Waals surface area contributed by atoms with Gasteiger partial charge in [0, 0.05) is 6.54 Å². The van der Waals surface area contributed by atoms with Gasteiger partial charge in [-0.05, 0) is 49.0 Å². The molecule has 0 aliphatic carbocycles. The van der Waals surface area contributed by atoms with Gasteiger partial charge in [0.05, 0.1) is 11.3 Å². The summed E-state index contributed by atoms with van der Waals surface area (Å²) in [6, 6.07) is 3.85. The Balaban J connectivity index is 2.23.